The summed E-state index contributed by atoms with van der Waals surface area (Å²) in [6, 6.07) is 5.24. The van der Waals surface area contributed by atoms with Gasteiger partial charge in [-0.1, -0.05) is 18.2 Å². The lowest BCUT2D eigenvalue weighted by Gasteiger charge is -2.35. The predicted octanol–water partition coefficient (Wildman–Crippen LogP) is 4.27. The maximum absolute atomic E-state index is 13.9. The number of nitrogens with two attached hydrogens (primary N) is 1. The maximum Gasteiger partial charge on any atom is 0.418 e. The Hall–Kier alpha value is -3.68. The number of alkyl halides is 3. The Labute approximate surface area is 252 Å². The molecule has 2 fully saturated rings. The van der Waals surface area contributed by atoms with Gasteiger partial charge in [-0.15, -0.1) is 0 Å². The number of nitrogens with zero attached hydrogens (tertiary/aromatic N) is 6. The van der Waals surface area contributed by atoms with Gasteiger partial charge in [0.15, 0.2) is 0 Å². The monoisotopic (exact) mass is 619 g/mol. The number of carbonyl (C=O) groups is 1. The number of likely N-dealkylation sites (tertiary alicyclic amines) is 1. The number of pyridine rings is 1. The van der Waals surface area contributed by atoms with Crippen LogP contribution in [0.3, 0.4) is 0 Å². The zero-order valence-electron chi connectivity index (χ0n) is 23.7. The van der Waals surface area contributed by atoms with E-state index in [0.717, 1.165) is 38.1 Å². The van der Waals surface area contributed by atoms with Crippen molar-refractivity contribution in [2.24, 2.45) is 0 Å². The van der Waals surface area contributed by atoms with E-state index >= 15 is 0 Å². The third-order valence-corrected chi connectivity index (χ3v) is 8.09. The largest absolute Gasteiger partial charge is 0.462 e. The van der Waals surface area contributed by atoms with Crippen molar-refractivity contribution in [3.05, 3.63) is 47.5 Å². The number of fused-ring (bicyclic) bond motifs is 1. The van der Waals surface area contributed by atoms with Crippen molar-refractivity contribution in [1.29, 1.82) is 0 Å². The van der Waals surface area contributed by atoms with Crippen LogP contribution in [-0.2, 0) is 15.7 Å². The standard InChI is InChI=1S/C29H33ClF3N7O3/c1-3-25(41)39-9-11-40(12-10-39)27-20-15-22(30)19(26-21(29(31,32)33)6-7-24(34)36-26)16-23(20)35-28(37-27)43-17-18-5-4-8-38(18)13-14-42-2/h3,6-7,15-16,18H,1,4-5,8-14,17H2,2H3,(H2,34,36)/t18-/m0/s1. The van der Waals surface area contributed by atoms with Gasteiger partial charge in [0.2, 0.25) is 5.91 Å². The summed E-state index contributed by atoms with van der Waals surface area (Å²) in [4.78, 5) is 31.4. The first kappa shape index (κ1) is 30.8. The highest BCUT2D eigenvalue weighted by atomic mass is 35.5. The van der Waals surface area contributed by atoms with Crippen LogP contribution >= 0.6 is 11.6 Å². The SMILES string of the molecule is C=CC(=O)N1CCN(c2nc(OC[C@@H]3CCCN3CCOC)nc3cc(-c4nc(N)ccc4C(F)(F)F)c(Cl)cc23)CC1. The lowest BCUT2D eigenvalue weighted by atomic mass is 10.0. The first-order valence-corrected chi connectivity index (χ1v) is 14.3. The van der Waals surface area contributed by atoms with Crippen LogP contribution in [0.15, 0.2) is 36.9 Å². The van der Waals surface area contributed by atoms with Gasteiger partial charge in [-0.2, -0.15) is 23.1 Å². The number of hydrogen-bond donors (Lipinski definition) is 1. The molecule has 0 radical (unpaired) electrons. The lowest BCUT2D eigenvalue weighted by molar-refractivity contribution is -0.137. The molecule has 230 valence electrons. The fourth-order valence-corrected chi connectivity index (χ4v) is 5.79. The number of ether oxygens (including phenoxy) is 2. The van der Waals surface area contributed by atoms with Crippen LogP contribution in [0.4, 0.5) is 24.8 Å². The fourth-order valence-electron chi connectivity index (χ4n) is 5.53. The van der Waals surface area contributed by atoms with Crippen molar-refractivity contribution in [1.82, 2.24) is 24.8 Å². The van der Waals surface area contributed by atoms with Crippen LogP contribution in [0, 0.1) is 0 Å². The number of amides is 1. The summed E-state index contributed by atoms with van der Waals surface area (Å²) >= 11 is 6.62. The van der Waals surface area contributed by atoms with E-state index in [9.17, 15) is 18.0 Å². The molecule has 1 aromatic carbocycles. The first-order valence-electron chi connectivity index (χ1n) is 14.0. The Bertz CT molecular complexity index is 1500. The molecule has 2 N–H and O–H groups in total. The zero-order chi connectivity index (χ0) is 30.7. The van der Waals surface area contributed by atoms with Crippen LogP contribution in [0.2, 0.25) is 5.02 Å². The number of benzene rings is 1. The minimum Gasteiger partial charge on any atom is -0.462 e. The molecule has 4 heterocycles. The predicted molar refractivity (Wildman–Crippen MR) is 158 cm³/mol. The molecule has 10 nitrogen and oxygen atoms in total. The van der Waals surface area contributed by atoms with Crippen molar-refractivity contribution in [2.75, 3.05) is 70.2 Å². The van der Waals surface area contributed by atoms with Crippen LogP contribution < -0.4 is 15.4 Å². The molecule has 5 rings (SSSR count). The molecule has 43 heavy (non-hydrogen) atoms. The summed E-state index contributed by atoms with van der Waals surface area (Å²) in [7, 11) is 1.66. The van der Waals surface area contributed by atoms with Crippen LogP contribution in [0.5, 0.6) is 6.01 Å². The van der Waals surface area contributed by atoms with E-state index in [2.05, 4.69) is 21.4 Å². The molecule has 0 aliphatic carbocycles. The number of methoxy groups -OCH3 is 1. The Morgan fingerprint density at radius 1 is 1.16 bits per heavy atom. The Kier molecular flexibility index (Phi) is 9.23. The minimum atomic E-state index is -4.68. The second-order valence-electron chi connectivity index (χ2n) is 10.5. The van der Waals surface area contributed by atoms with E-state index in [1.54, 1.807) is 18.1 Å². The van der Waals surface area contributed by atoms with Gasteiger partial charge in [0.1, 0.15) is 18.2 Å². The average Bonchev–Trinajstić information content (AvgIpc) is 3.44. The van der Waals surface area contributed by atoms with Gasteiger partial charge in [0.25, 0.3) is 0 Å². The summed E-state index contributed by atoms with van der Waals surface area (Å²) in [5.74, 6) is 0.278. The molecule has 2 aliphatic heterocycles. The zero-order valence-corrected chi connectivity index (χ0v) is 24.5. The number of halogens is 4. The van der Waals surface area contributed by atoms with Crippen LogP contribution in [0.1, 0.15) is 18.4 Å². The molecular weight excluding hydrogens is 587 g/mol. The van der Waals surface area contributed by atoms with Crippen molar-refractivity contribution < 1.29 is 27.4 Å². The van der Waals surface area contributed by atoms with Crippen molar-refractivity contribution in [3.63, 3.8) is 0 Å². The Morgan fingerprint density at radius 2 is 1.93 bits per heavy atom. The highest BCUT2D eigenvalue weighted by Crippen LogP contribution is 2.41. The fraction of sp³-hybridized carbons (Fsp3) is 0.448. The molecule has 1 atom stereocenters. The highest BCUT2D eigenvalue weighted by molar-refractivity contribution is 6.34. The van der Waals surface area contributed by atoms with E-state index in [0.29, 0.717) is 56.1 Å². The van der Waals surface area contributed by atoms with Gasteiger partial charge < -0.3 is 25.0 Å². The van der Waals surface area contributed by atoms with E-state index in [1.807, 2.05) is 4.90 Å². The summed E-state index contributed by atoms with van der Waals surface area (Å²) in [5, 5.41) is 0.569. The molecule has 3 aromatic rings. The minimum absolute atomic E-state index is 0.0346. The van der Waals surface area contributed by atoms with Crippen LogP contribution in [-0.4, -0.2) is 96.3 Å². The lowest BCUT2D eigenvalue weighted by Crippen LogP contribution is -2.48. The van der Waals surface area contributed by atoms with Gasteiger partial charge in [-0.05, 0) is 49.7 Å². The van der Waals surface area contributed by atoms with Gasteiger partial charge in [-0.3, -0.25) is 9.69 Å². The van der Waals surface area contributed by atoms with Gasteiger partial charge >= 0.3 is 12.2 Å². The smallest absolute Gasteiger partial charge is 0.418 e. The van der Waals surface area contributed by atoms with E-state index < -0.39 is 17.4 Å². The van der Waals surface area contributed by atoms with E-state index in [1.165, 1.54) is 12.1 Å². The summed E-state index contributed by atoms with van der Waals surface area (Å²) < 4.78 is 53.2. The molecule has 0 saturated carbocycles. The number of nitrogen functional groups attached to an aromatic ring is 1. The summed E-state index contributed by atoms with van der Waals surface area (Å²) in [6.45, 7) is 8.03. The molecule has 0 bridgehead atoms. The van der Waals surface area contributed by atoms with E-state index in [-0.39, 0.29) is 34.4 Å². The number of aromatic nitrogens is 3. The van der Waals surface area contributed by atoms with Crippen molar-refractivity contribution in [3.8, 4) is 17.3 Å². The molecular formula is C29H33ClF3N7O3. The third kappa shape index (κ3) is 6.78. The summed E-state index contributed by atoms with van der Waals surface area (Å²) in [5.41, 5.74) is 4.80. The number of rotatable bonds is 9. The first-order chi connectivity index (χ1) is 20.6. The second-order valence-corrected chi connectivity index (χ2v) is 10.9. The van der Waals surface area contributed by atoms with Crippen molar-refractivity contribution in [2.45, 2.75) is 25.1 Å². The second kappa shape index (κ2) is 12.9. The number of carbonyl (C=O) groups excluding carboxylic acids is 1. The number of anilines is 2. The quantitative estimate of drug-likeness (QED) is 0.351. The topological polar surface area (TPSA) is 110 Å². The third-order valence-electron chi connectivity index (χ3n) is 7.77. The van der Waals surface area contributed by atoms with Crippen molar-refractivity contribution >= 4 is 40.0 Å². The summed E-state index contributed by atoms with van der Waals surface area (Å²) in [6.07, 6.45) is -1.42. The normalized spacial score (nSPS) is 17.9. The Morgan fingerprint density at radius 3 is 2.63 bits per heavy atom. The maximum atomic E-state index is 13.9. The molecule has 2 saturated heterocycles. The van der Waals surface area contributed by atoms with Gasteiger partial charge in [0, 0.05) is 56.8 Å². The molecule has 2 aromatic heterocycles. The van der Waals surface area contributed by atoms with E-state index in [4.69, 9.17) is 31.8 Å². The molecule has 2 aliphatic rings. The number of hydrogen-bond acceptors (Lipinski definition) is 9. The average molecular weight is 620 g/mol. The molecule has 0 spiro atoms. The Balaban J connectivity index is 1.54. The molecule has 14 heteroatoms. The van der Waals surface area contributed by atoms with Gasteiger partial charge in [-0.25, -0.2) is 4.98 Å². The van der Waals surface area contributed by atoms with Crippen LogP contribution in [0.25, 0.3) is 22.2 Å². The molecule has 0 unspecified atom stereocenters. The van der Waals surface area contributed by atoms with Gasteiger partial charge in [0.05, 0.1) is 28.4 Å². The number of piperazine rings is 1. The highest BCUT2D eigenvalue weighted by Gasteiger charge is 2.35. The molecule has 1 amide bonds.